The topological polar surface area (TPSA) is 71.6 Å². The van der Waals surface area contributed by atoms with Crippen molar-refractivity contribution in [3.8, 4) is 0 Å². The number of aliphatic hydroxyl groups excluding tert-OH is 1. The maximum Gasteiger partial charge on any atom is 0.168 e. The summed E-state index contributed by atoms with van der Waals surface area (Å²) in [4.78, 5) is 5.48. The Hall–Kier alpha value is -1.47. The van der Waals surface area contributed by atoms with Gasteiger partial charge in [0, 0.05) is 19.2 Å². The molecule has 0 unspecified atom stereocenters. The summed E-state index contributed by atoms with van der Waals surface area (Å²) < 4.78 is 32.1. The average Bonchev–Trinajstić information content (AvgIpc) is 2.41. The normalized spacial score (nSPS) is 16.9. The number of nitrogens with zero attached hydrogens (tertiary/aromatic N) is 2. The molecule has 106 valence electrons. The quantitative estimate of drug-likeness (QED) is 0.853. The highest BCUT2D eigenvalue weighted by Gasteiger charge is 2.23. The second-order valence-electron chi connectivity index (χ2n) is 4.44. The van der Waals surface area contributed by atoms with Crippen molar-refractivity contribution in [1.82, 2.24) is 4.98 Å². The molecule has 5 nitrogen and oxygen atoms in total. The Kier molecular flexibility index (Phi) is 4.49. The average molecular weight is 273 g/mol. The molecule has 1 aromatic rings. The van der Waals surface area contributed by atoms with Crippen molar-refractivity contribution in [2.24, 2.45) is 0 Å². The van der Waals surface area contributed by atoms with Gasteiger partial charge in [-0.05, 0) is 12.8 Å². The highest BCUT2D eigenvalue weighted by atomic mass is 19.1. The van der Waals surface area contributed by atoms with Crippen molar-refractivity contribution < 1.29 is 18.6 Å². The standard InChI is InChI=1S/C12H17F2N3O2/c13-9-7-10(14)12(16-11(9)15)17-3-1-8(2-4-17)19-6-5-18/h7-8,18H,1-6H2,(H2,15,16). The number of nitrogen functional groups attached to an aromatic ring is 1. The molecule has 1 aromatic heterocycles. The van der Waals surface area contributed by atoms with E-state index in [0.717, 1.165) is 6.07 Å². The van der Waals surface area contributed by atoms with Gasteiger partial charge in [-0.15, -0.1) is 0 Å². The van der Waals surface area contributed by atoms with Crippen LogP contribution >= 0.6 is 0 Å². The highest BCUT2D eigenvalue weighted by Crippen LogP contribution is 2.24. The Balaban J connectivity index is 1.99. The van der Waals surface area contributed by atoms with E-state index in [1.165, 1.54) is 0 Å². The van der Waals surface area contributed by atoms with Crippen molar-refractivity contribution >= 4 is 11.6 Å². The van der Waals surface area contributed by atoms with Crippen molar-refractivity contribution in [3.63, 3.8) is 0 Å². The van der Waals surface area contributed by atoms with Gasteiger partial charge in [0.25, 0.3) is 0 Å². The van der Waals surface area contributed by atoms with Crippen LogP contribution in [-0.4, -0.2) is 42.5 Å². The molecule has 1 aliphatic rings. The summed E-state index contributed by atoms with van der Waals surface area (Å²) in [6.07, 6.45) is 1.47. The number of rotatable bonds is 4. The van der Waals surface area contributed by atoms with Crippen LogP contribution in [-0.2, 0) is 4.74 Å². The summed E-state index contributed by atoms with van der Waals surface area (Å²) in [6, 6.07) is 0.756. The first-order valence-corrected chi connectivity index (χ1v) is 6.20. The number of nitrogens with two attached hydrogens (primary N) is 1. The van der Waals surface area contributed by atoms with Crippen LogP contribution in [0.2, 0.25) is 0 Å². The molecule has 2 heterocycles. The van der Waals surface area contributed by atoms with E-state index in [1.54, 1.807) is 4.90 Å². The molecule has 2 rings (SSSR count). The molecule has 0 spiro atoms. The molecular weight excluding hydrogens is 256 g/mol. The summed E-state index contributed by atoms with van der Waals surface area (Å²) in [6.45, 7) is 1.42. The number of piperidine rings is 1. The minimum Gasteiger partial charge on any atom is -0.394 e. The van der Waals surface area contributed by atoms with E-state index >= 15 is 0 Å². The molecule has 0 bridgehead atoms. The number of ether oxygens (including phenoxy) is 1. The number of anilines is 2. The Morgan fingerprint density at radius 3 is 2.68 bits per heavy atom. The molecule has 0 saturated carbocycles. The summed E-state index contributed by atoms with van der Waals surface area (Å²) in [7, 11) is 0. The van der Waals surface area contributed by atoms with Gasteiger partial charge in [0.15, 0.2) is 23.3 Å². The zero-order chi connectivity index (χ0) is 13.8. The molecule has 19 heavy (non-hydrogen) atoms. The summed E-state index contributed by atoms with van der Waals surface area (Å²) >= 11 is 0. The van der Waals surface area contributed by atoms with E-state index in [0.29, 0.717) is 32.5 Å². The summed E-state index contributed by atoms with van der Waals surface area (Å²) in [5.74, 6) is -1.77. The summed E-state index contributed by atoms with van der Waals surface area (Å²) in [5.41, 5.74) is 5.36. The molecule has 0 aromatic carbocycles. The zero-order valence-corrected chi connectivity index (χ0v) is 10.5. The monoisotopic (exact) mass is 273 g/mol. The number of pyridine rings is 1. The van der Waals surface area contributed by atoms with Crippen molar-refractivity contribution in [2.45, 2.75) is 18.9 Å². The van der Waals surface area contributed by atoms with Crippen LogP contribution in [0.3, 0.4) is 0 Å². The number of hydrogen-bond donors (Lipinski definition) is 2. The SMILES string of the molecule is Nc1nc(N2CCC(OCCO)CC2)c(F)cc1F. The van der Waals surface area contributed by atoms with Gasteiger partial charge in [-0.3, -0.25) is 0 Å². The minimum atomic E-state index is -0.845. The fourth-order valence-corrected chi connectivity index (χ4v) is 2.15. The van der Waals surface area contributed by atoms with Crippen LogP contribution in [0.1, 0.15) is 12.8 Å². The number of hydrogen-bond acceptors (Lipinski definition) is 5. The van der Waals surface area contributed by atoms with Gasteiger partial charge in [-0.2, -0.15) is 0 Å². The van der Waals surface area contributed by atoms with Gasteiger partial charge in [-0.1, -0.05) is 0 Å². The van der Waals surface area contributed by atoms with Gasteiger partial charge in [0.2, 0.25) is 0 Å². The Labute approximate surface area is 110 Å². The van der Waals surface area contributed by atoms with Crippen molar-refractivity contribution in [3.05, 3.63) is 17.7 Å². The molecular formula is C12H17F2N3O2. The largest absolute Gasteiger partial charge is 0.394 e. The predicted octanol–water partition coefficient (Wildman–Crippen LogP) is 0.920. The zero-order valence-electron chi connectivity index (χ0n) is 10.5. The maximum absolute atomic E-state index is 13.7. The second-order valence-corrected chi connectivity index (χ2v) is 4.44. The number of aromatic nitrogens is 1. The van der Waals surface area contributed by atoms with Crippen LogP contribution in [0.5, 0.6) is 0 Å². The smallest absolute Gasteiger partial charge is 0.168 e. The lowest BCUT2D eigenvalue weighted by Crippen LogP contribution is -2.38. The first-order valence-electron chi connectivity index (χ1n) is 6.20. The van der Waals surface area contributed by atoms with Crippen molar-refractivity contribution in [1.29, 1.82) is 0 Å². The maximum atomic E-state index is 13.7. The lowest BCUT2D eigenvalue weighted by molar-refractivity contribution is 0.0158. The molecule has 0 amide bonds. The van der Waals surface area contributed by atoms with Crippen LogP contribution in [0.4, 0.5) is 20.4 Å². The van der Waals surface area contributed by atoms with Gasteiger partial charge in [0.1, 0.15) is 0 Å². The van der Waals surface area contributed by atoms with Gasteiger partial charge in [0.05, 0.1) is 19.3 Å². The molecule has 0 atom stereocenters. The van der Waals surface area contributed by atoms with Crippen molar-refractivity contribution in [2.75, 3.05) is 36.9 Å². The second kappa shape index (κ2) is 6.12. The van der Waals surface area contributed by atoms with Crippen LogP contribution in [0.25, 0.3) is 0 Å². The fourth-order valence-electron chi connectivity index (χ4n) is 2.15. The molecule has 1 aliphatic heterocycles. The molecule has 3 N–H and O–H groups in total. The number of aliphatic hydroxyl groups is 1. The first-order chi connectivity index (χ1) is 9.11. The van der Waals surface area contributed by atoms with Gasteiger partial charge < -0.3 is 20.5 Å². The van der Waals surface area contributed by atoms with E-state index in [9.17, 15) is 8.78 Å². The van der Waals surface area contributed by atoms with E-state index < -0.39 is 11.6 Å². The van der Waals surface area contributed by atoms with E-state index in [4.69, 9.17) is 15.6 Å². The predicted molar refractivity (Wildman–Crippen MR) is 66.8 cm³/mol. The molecule has 0 aliphatic carbocycles. The Bertz CT molecular complexity index is 437. The fraction of sp³-hybridized carbons (Fsp3) is 0.583. The highest BCUT2D eigenvalue weighted by molar-refractivity contribution is 5.47. The lowest BCUT2D eigenvalue weighted by atomic mass is 10.1. The minimum absolute atomic E-state index is 0.00903. The van der Waals surface area contributed by atoms with Gasteiger partial charge >= 0.3 is 0 Å². The van der Waals surface area contributed by atoms with E-state index in [2.05, 4.69) is 4.98 Å². The molecule has 1 fully saturated rings. The Morgan fingerprint density at radius 1 is 1.37 bits per heavy atom. The molecule has 0 radical (unpaired) electrons. The Morgan fingerprint density at radius 2 is 2.05 bits per heavy atom. The van der Waals surface area contributed by atoms with E-state index in [1.807, 2.05) is 0 Å². The third kappa shape index (κ3) is 3.30. The van der Waals surface area contributed by atoms with E-state index in [-0.39, 0.29) is 24.3 Å². The van der Waals surface area contributed by atoms with Gasteiger partial charge in [-0.25, -0.2) is 13.8 Å². The van der Waals surface area contributed by atoms with Crippen LogP contribution < -0.4 is 10.6 Å². The third-order valence-electron chi connectivity index (χ3n) is 3.12. The molecule has 1 saturated heterocycles. The van der Waals surface area contributed by atoms with Crippen LogP contribution in [0, 0.1) is 11.6 Å². The third-order valence-corrected chi connectivity index (χ3v) is 3.12. The number of halogens is 2. The molecule has 7 heteroatoms. The summed E-state index contributed by atoms with van der Waals surface area (Å²) in [5, 5.41) is 8.68. The lowest BCUT2D eigenvalue weighted by Gasteiger charge is -2.32. The van der Waals surface area contributed by atoms with Crippen LogP contribution in [0.15, 0.2) is 6.07 Å². The first kappa shape index (κ1) is 14.0.